The van der Waals surface area contributed by atoms with E-state index in [1.807, 2.05) is 0 Å². The number of rotatable bonds is 4. The molecule has 1 aliphatic heterocycles. The van der Waals surface area contributed by atoms with Crippen LogP contribution in [0.5, 0.6) is 0 Å². The SMILES string of the molecule is CCc1nn(CC)c(CN2CC3CCCC(N)C3C2)c1Cl. The first-order chi connectivity index (χ1) is 10.1. The minimum Gasteiger partial charge on any atom is -0.327 e. The summed E-state index contributed by atoms with van der Waals surface area (Å²) in [5.41, 5.74) is 8.53. The lowest BCUT2D eigenvalue weighted by Gasteiger charge is -2.29. The van der Waals surface area contributed by atoms with Gasteiger partial charge in [-0.15, -0.1) is 0 Å². The third-order valence-electron chi connectivity index (χ3n) is 5.30. The molecule has 5 heteroatoms. The molecule has 1 aromatic rings. The van der Waals surface area contributed by atoms with E-state index in [4.69, 9.17) is 17.3 Å². The summed E-state index contributed by atoms with van der Waals surface area (Å²) in [4.78, 5) is 2.54. The maximum absolute atomic E-state index is 6.53. The van der Waals surface area contributed by atoms with Crippen molar-refractivity contribution in [1.82, 2.24) is 14.7 Å². The number of nitrogens with two attached hydrogens (primary N) is 1. The van der Waals surface area contributed by atoms with Gasteiger partial charge in [0.05, 0.1) is 16.4 Å². The number of fused-ring (bicyclic) bond motifs is 1. The fraction of sp³-hybridized carbons (Fsp3) is 0.812. The topological polar surface area (TPSA) is 47.1 Å². The Morgan fingerprint density at radius 1 is 1.29 bits per heavy atom. The van der Waals surface area contributed by atoms with Gasteiger partial charge in [-0.2, -0.15) is 5.10 Å². The molecule has 1 aromatic heterocycles. The fourth-order valence-electron chi connectivity index (χ4n) is 4.12. The Morgan fingerprint density at radius 3 is 2.76 bits per heavy atom. The Morgan fingerprint density at radius 2 is 2.10 bits per heavy atom. The van der Waals surface area contributed by atoms with Gasteiger partial charge in [-0.1, -0.05) is 24.9 Å². The van der Waals surface area contributed by atoms with Crippen LogP contribution >= 0.6 is 11.6 Å². The van der Waals surface area contributed by atoms with E-state index >= 15 is 0 Å². The first-order valence-electron chi connectivity index (χ1n) is 8.36. The zero-order valence-electron chi connectivity index (χ0n) is 13.2. The van der Waals surface area contributed by atoms with E-state index in [2.05, 4.69) is 28.5 Å². The molecule has 4 nitrogen and oxygen atoms in total. The number of halogens is 1. The highest BCUT2D eigenvalue weighted by Crippen LogP contribution is 2.36. The third kappa shape index (κ3) is 2.86. The first-order valence-corrected chi connectivity index (χ1v) is 8.73. The Kier molecular flexibility index (Phi) is 4.57. The molecule has 2 heterocycles. The summed E-state index contributed by atoms with van der Waals surface area (Å²) >= 11 is 6.53. The Balaban J connectivity index is 1.74. The molecule has 3 unspecified atom stereocenters. The van der Waals surface area contributed by atoms with Gasteiger partial charge in [0.15, 0.2) is 0 Å². The molecular weight excluding hydrogens is 284 g/mol. The molecule has 2 N–H and O–H groups in total. The van der Waals surface area contributed by atoms with Crippen LogP contribution in [-0.4, -0.2) is 33.8 Å². The van der Waals surface area contributed by atoms with Crippen molar-refractivity contribution in [2.75, 3.05) is 13.1 Å². The van der Waals surface area contributed by atoms with E-state index in [9.17, 15) is 0 Å². The second-order valence-corrected chi connectivity index (χ2v) is 6.97. The Hall–Kier alpha value is -0.580. The molecule has 1 saturated heterocycles. The molecule has 0 bridgehead atoms. The summed E-state index contributed by atoms with van der Waals surface area (Å²) < 4.78 is 2.07. The normalized spacial score (nSPS) is 29.8. The maximum Gasteiger partial charge on any atom is 0.0863 e. The minimum absolute atomic E-state index is 0.395. The molecule has 1 aliphatic carbocycles. The van der Waals surface area contributed by atoms with E-state index in [0.29, 0.717) is 12.0 Å². The van der Waals surface area contributed by atoms with Crippen LogP contribution in [0.1, 0.15) is 44.5 Å². The van der Waals surface area contributed by atoms with Gasteiger partial charge < -0.3 is 5.73 Å². The number of aryl methyl sites for hydroxylation is 2. The molecule has 0 aromatic carbocycles. The molecule has 0 radical (unpaired) electrons. The lowest BCUT2D eigenvalue weighted by molar-refractivity contribution is 0.259. The molecule has 2 fully saturated rings. The quantitative estimate of drug-likeness (QED) is 0.930. The summed E-state index contributed by atoms with van der Waals surface area (Å²) in [6.45, 7) is 8.34. The van der Waals surface area contributed by atoms with Crippen LogP contribution in [-0.2, 0) is 19.5 Å². The summed E-state index contributed by atoms with van der Waals surface area (Å²) in [6, 6.07) is 0.395. The Bertz CT molecular complexity index is 499. The summed E-state index contributed by atoms with van der Waals surface area (Å²) in [7, 11) is 0. The first kappa shape index (κ1) is 15.3. The van der Waals surface area contributed by atoms with Crippen molar-refractivity contribution < 1.29 is 0 Å². The van der Waals surface area contributed by atoms with Gasteiger partial charge in [-0.05, 0) is 38.0 Å². The molecule has 3 atom stereocenters. The van der Waals surface area contributed by atoms with E-state index in [1.165, 1.54) is 31.5 Å². The molecule has 0 amide bonds. The molecular formula is C16H27ClN4. The molecule has 118 valence electrons. The predicted octanol–water partition coefficient (Wildman–Crippen LogP) is 2.68. The largest absolute Gasteiger partial charge is 0.327 e. The second kappa shape index (κ2) is 6.27. The van der Waals surface area contributed by atoms with Crippen LogP contribution in [0.15, 0.2) is 0 Å². The van der Waals surface area contributed by atoms with Gasteiger partial charge in [-0.3, -0.25) is 9.58 Å². The summed E-state index contributed by atoms with van der Waals surface area (Å²) in [6.07, 6.45) is 4.73. The zero-order chi connectivity index (χ0) is 15.0. The Labute approximate surface area is 132 Å². The fourth-order valence-corrected chi connectivity index (χ4v) is 4.45. The minimum atomic E-state index is 0.395. The highest BCUT2D eigenvalue weighted by molar-refractivity contribution is 6.31. The molecule has 21 heavy (non-hydrogen) atoms. The number of likely N-dealkylation sites (tertiary alicyclic amines) is 1. The van der Waals surface area contributed by atoms with Gasteiger partial charge in [0.2, 0.25) is 0 Å². The summed E-state index contributed by atoms with van der Waals surface area (Å²) in [5.74, 6) is 1.47. The average Bonchev–Trinajstić information content (AvgIpc) is 3.02. The van der Waals surface area contributed by atoms with E-state index in [-0.39, 0.29) is 0 Å². The van der Waals surface area contributed by atoms with Crippen molar-refractivity contribution in [1.29, 1.82) is 0 Å². The van der Waals surface area contributed by atoms with E-state index in [0.717, 1.165) is 42.7 Å². The zero-order valence-corrected chi connectivity index (χ0v) is 13.9. The van der Waals surface area contributed by atoms with Gasteiger partial charge in [0, 0.05) is 32.2 Å². The van der Waals surface area contributed by atoms with Gasteiger partial charge in [0.25, 0.3) is 0 Å². The van der Waals surface area contributed by atoms with Crippen LogP contribution in [0.25, 0.3) is 0 Å². The molecule has 2 aliphatic rings. The van der Waals surface area contributed by atoms with Crippen LogP contribution in [0.4, 0.5) is 0 Å². The van der Waals surface area contributed by atoms with Crippen LogP contribution in [0.3, 0.4) is 0 Å². The number of nitrogens with zero attached hydrogens (tertiary/aromatic N) is 3. The lowest BCUT2D eigenvalue weighted by atomic mass is 9.78. The van der Waals surface area contributed by atoms with Crippen LogP contribution < -0.4 is 5.73 Å². The number of hydrogen-bond donors (Lipinski definition) is 1. The van der Waals surface area contributed by atoms with Crippen molar-refractivity contribution in [3.63, 3.8) is 0 Å². The molecule has 1 saturated carbocycles. The second-order valence-electron chi connectivity index (χ2n) is 6.59. The summed E-state index contributed by atoms with van der Waals surface area (Å²) in [5, 5.41) is 5.50. The van der Waals surface area contributed by atoms with Crippen molar-refractivity contribution in [3.05, 3.63) is 16.4 Å². The highest BCUT2D eigenvalue weighted by Gasteiger charge is 2.39. The van der Waals surface area contributed by atoms with Crippen molar-refractivity contribution >= 4 is 11.6 Å². The highest BCUT2D eigenvalue weighted by atomic mass is 35.5. The van der Waals surface area contributed by atoms with Crippen molar-refractivity contribution in [2.24, 2.45) is 17.6 Å². The maximum atomic E-state index is 6.53. The predicted molar refractivity (Wildman–Crippen MR) is 86.4 cm³/mol. The molecule has 3 rings (SSSR count). The van der Waals surface area contributed by atoms with Crippen molar-refractivity contribution in [3.8, 4) is 0 Å². The number of aromatic nitrogens is 2. The molecule has 0 spiro atoms. The monoisotopic (exact) mass is 310 g/mol. The van der Waals surface area contributed by atoms with E-state index in [1.54, 1.807) is 0 Å². The van der Waals surface area contributed by atoms with Crippen LogP contribution in [0, 0.1) is 11.8 Å². The van der Waals surface area contributed by atoms with E-state index < -0.39 is 0 Å². The van der Waals surface area contributed by atoms with Gasteiger partial charge in [-0.25, -0.2) is 0 Å². The van der Waals surface area contributed by atoms with Gasteiger partial charge in [0.1, 0.15) is 0 Å². The van der Waals surface area contributed by atoms with Crippen molar-refractivity contribution in [2.45, 2.75) is 58.7 Å². The van der Waals surface area contributed by atoms with Crippen LogP contribution in [0.2, 0.25) is 5.02 Å². The lowest BCUT2D eigenvalue weighted by Crippen LogP contribution is -2.38. The number of hydrogen-bond acceptors (Lipinski definition) is 3. The standard InChI is InChI=1S/C16H27ClN4/c1-3-14-16(17)15(21(4-2)19-14)10-20-8-11-6-5-7-13(18)12(11)9-20/h11-13H,3-10,18H2,1-2H3. The van der Waals surface area contributed by atoms with Gasteiger partial charge >= 0.3 is 0 Å². The smallest absolute Gasteiger partial charge is 0.0863 e. The average molecular weight is 311 g/mol. The third-order valence-corrected chi connectivity index (χ3v) is 5.73.